The quantitative estimate of drug-likeness (QED) is 0.768. The summed E-state index contributed by atoms with van der Waals surface area (Å²) in [5.74, 6) is 0.0487. The van der Waals surface area contributed by atoms with Gasteiger partial charge in [0, 0.05) is 20.2 Å². The molecule has 1 amide bonds. The van der Waals surface area contributed by atoms with Crippen molar-refractivity contribution >= 4 is 5.91 Å². The van der Waals surface area contributed by atoms with E-state index in [1.165, 1.54) is 6.42 Å². The van der Waals surface area contributed by atoms with Gasteiger partial charge in [0.25, 0.3) is 0 Å². The maximum atomic E-state index is 12.0. The fourth-order valence-electron chi connectivity index (χ4n) is 2.18. The molecule has 0 aromatic heterocycles. The average Bonchev–Trinajstić information content (AvgIpc) is 2.36. The van der Waals surface area contributed by atoms with E-state index in [0.29, 0.717) is 6.54 Å². The van der Waals surface area contributed by atoms with E-state index in [0.717, 1.165) is 38.7 Å². The van der Waals surface area contributed by atoms with Gasteiger partial charge < -0.3 is 15.4 Å². The van der Waals surface area contributed by atoms with E-state index < -0.39 is 0 Å². The van der Waals surface area contributed by atoms with Gasteiger partial charge in [0.2, 0.25) is 5.91 Å². The van der Waals surface area contributed by atoms with Crippen molar-refractivity contribution in [3.63, 3.8) is 0 Å². The van der Waals surface area contributed by atoms with Crippen LogP contribution in [-0.2, 0) is 9.53 Å². The molecule has 1 aliphatic rings. The van der Waals surface area contributed by atoms with Crippen LogP contribution in [0.3, 0.4) is 0 Å². The molecule has 100 valence electrons. The van der Waals surface area contributed by atoms with Gasteiger partial charge in [0.15, 0.2) is 0 Å². The van der Waals surface area contributed by atoms with Crippen LogP contribution in [0.5, 0.6) is 0 Å². The SMILES string of the molecule is CCCCC(N)C(=O)N(C)CC1CCCCO1. The second kappa shape index (κ2) is 7.67. The van der Waals surface area contributed by atoms with Crippen molar-refractivity contribution < 1.29 is 9.53 Å². The lowest BCUT2D eigenvalue weighted by Gasteiger charge is -2.28. The molecule has 1 saturated heterocycles. The Balaban J connectivity index is 2.29. The number of rotatable bonds is 6. The average molecular weight is 242 g/mol. The largest absolute Gasteiger partial charge is 0.376 e. The number of unbranched alkanes of at least 4 members (excludes halogenated alkanes) is 1. The third-order valence-corrected chi connectivity index (χ3v) is 3.31. The minimum Gasteiger partial charge on any atom is -0.376 e. The number of hydrogen-bond acceptors (Lipinski definition) is 3. The number of ether oxygens (including phenoxy) is 1. The molecule has 2 atom stereocenters. The van der Waals surface area contributed by atoms with Crippen molar-refractivity contribution in [2.24, 2.45) is 5.73 Å². The van der Waals surface area contributed by atoms with Gasteiger partial charge in [-0.2, -0.15) is 0 Å². The summed E-state index contributed by atoms with van der Waals surface area (Å²) in [5, 5.41) is 0. The van der Waals surface area contributed by atoms with Crippen molar-refractivity contribution in [1.82, 2.24) is 4.90 Å². The zero-order chi connectivity index (χ0) is 12.7. The standard InChI is InChI=1S/C13H26N2O2/c1-3-4-8-12(14)13(16)15(2)10-11-7-5-6-9-17-11/h11-12H,3-10,14H2,1-2H3. The van der Waals surface area contributed by atoms with Gasteiger partial charge >= 0.3 is 0 Å². The zero-order valence-electron chi connectivity index (χ0n) is 11.2. The van der Waals surface area contributed by atoms with E-state index >= 15 is 0 Å². The molecule has 1 rings (SSSR count). The van der Waals surface area contributed by atoms with E-state index in [1.54, 1.807) is 4.90 Å². The number of nitrogens with zero attached hydrogens (tertiary/aromatic N) is 1. The third-order valence-electron chi connectivity index (χ3n) is 3.31. The summed E-state index contributed by atoms with van der Waals surface area (Å²) in [7, 11) is 1.83. The molecule has 2 unspecified atom stereocenters. The number of hydrogen-bond donors (Lipinski definition) is 1. The van der Waals surface area contributed by atoms with Gasteiger partial charge in [-0.3, -0.25) is 4.79 Å². The first kappa shape index (κ1) is 14.5. The van der Waals surface area contributed by atoms with Gasteiger partial charge in [-0.1, -0.05) is 19.8 Å². The maximum Gasteiger partial charge on any atom is 0.239 e. The summed E-state index contributed by atoms with van der Waals surface area (Å²) in [4.78, 5) is 13.7. The fraction of sp³-hybridized carbons (Fsp3) is 0.923. The van der Waals surface area contributed by atoms with Crippen LogP contribution in [0.2, 0.25) is 0 Å². The summed E-state index contributed by atoms with van der Waals surface area (Å²) in [6, 6.07) is -0.344. The number of amides is 1. The van der Waals surface area contributed by atoms with Crippen molar-refractivity contribution in [2.45, 2.75) is 57.6 Å². The van der Waals surface area contributed by atoms with Crippen molar-refractivity contribution in [3.05, 3.63) is 0 Å². The molecule has 1 aliphatic heterocycles. The topological polar surface area (TPSA) is 55.6 Å². The van der Waals surface area contributed by atoms with Crippen molar-refractivity contribution in [2.75, 3.05) is 20.2 Å². The Kier molecular flexibility index (Phi) is 6.52. The molecule has 1 fully saturated rings. The van der Waals surface area contributed by atoms with E-state index in [1.807, 2.05) is 7.05 Å². The minimum atomic E-state index is -0.344. The molecule has 2 N–H and O–H groups in total. The summed E-state index contributed by atoms with van der Waals surface area (Å²) < 4.78 is 5.62. The van der Waals surface area contributed by atoms with Gasteiger partial charge in [-0.25, -0.2) is 0 Å². The van der Waals surface area contributed by atoms with Crippen LogP contribution in [0.4, 0.5) is 0 Å². The van der Waals surface area contributed by atoms with Crippen LogP contribution in [0.1, 0.15) is 45.4 Å². The monoisotopic (exact) mass is 242 g/mol. The zero-order valence-corrected chi connectivity index (χ0v) is 11.2. The minimum absolute atomic E-state index is 0.0487. The van der Waals surface area contributed by atoms with Crippen LogP contribution in [-0.4, -0.2) is 43.2 Å². The molecule has 17 heavy (non-hydrogen) atoms. The third kappa shape index (κ3) is 5.04. The maximum absolute atomic E-state index is 12.0. The fourth-order valence-corrected chi connectivity index (χ4v) is 2.18. The first-order valence-corrected chi connectivity index (χ1v) is 6.77. The lowest BCUT2D eigenvalue weighted by molar-refractivity contribution is -0.133. The Hall–Kier alpha value is -0.610. The molecule has 0 aliphatic carbocycles. The first-order valence-electron chi connectivity index (χ1n) is 6.77. The van der Waals surface area contributed by atoms with E-state index in [4.69, 9.17) is 10.5 Å². The van der Waals surface area contributed by atoms with Gasteiger partial charge in [-0.15, -0.1) is 0 Å². The van der Waals surface area contributed by atoms with Crippen LogP contribution < -0.4 is 5.73 Å². The highest BCUT2D eigenvalue weighted by molar-refractivity contribution is 5.81. The molecule has 4 nitrogen and oxygen atoms in total. The Morgan fingerprint density at radius 2 is 2.29 bits per heavy atom. The van der Waals surface area contributed by atoms with E-state index in [-0.39, 0.29) is 18.1 Å². The van der Waals surface area contributed by atoms with Crippen LogP contribution >= 0.6 is 0 Å². The highest BCUT2D eigenvalue weighted by atomic mass is 16.5. The molecule has 0 aromatic rings. The first-order chi connectivity index (χ1) is 8.15. The molecule has 1 heterocycles. The summed E-state index contributed by atoms with van der Waals surface area (Å²) >= 11 is 0. The van der Waals surface area contributed by atoms with Crippen LogP contribution in [0.15, 0.2) is 0 Å². The Morgan fingerprint density at radius 3 is 2.88 bits per heavy atom. The lowest BCUT2D eigenvalue weighted by Crippen LogP contribution is -2.45. The Labute approximate surface area is 104 Å². The molecule has 0 radical (unpaired) electrons. The second-order valence-electron chi connectivity index (χ2n) is 4.96. The molecule has 0 spiro atoms. The van der Waals surface area contributed by atoms with Gasteiger partial charge in [0.05, 0.1) is 12.1 Å². The van der Waals surface area contributed by atoms with E-state index in [9.17, 15) is 4.79 Å². The highest BCUT2D eigenvalue weighted by Gasteiger charge is 2.22. The molecular formula is C13H26N2O2. The molecule has 0 saturated carbocycles. The predicted molar refractivity (Wildman–Crippen MR) is 68.7 cm³/mol. The molecule has 4 heteroatoms. The molecular weight excluding hydrogens is 216 g/mol. The molecule has 0 aromatic carbocycles. The van der Waals surface area contributed by atoms with Crippen molar-refractivity contribution in [1.29, 1.82) is 0 Å². The number of carbonyl (C=O) groups is 1. The smallest absolute Gasteiger partial charge is 0.239 e. The lowest BCUT2D eigenvalue weighted by atomic mass is 10.1. The summed E-state index contributed by atoms with van der Waals surface area (Å²) in [6.07, 6.45) is 6.49. The van der Waals surface area contributed by atoms with Crippen molar-refractivity contribution in [3.8, 4) is 0 Å². The van der Waals surface area contributed by atoms with Crippen LogP contribution in [0.25, 0.3) is 0 Å². The number of carbonyl (C=O) groups excluding carboxylic acids is 1. The molecule has 0 bridgehead atoms. The van der Waals surface area contributed by atoms with Gasteiger partial charge in [-0.05, 0) is 25.7 Å². The predicted octanol–water partition coefficient (Wildman–Crippen LogP) is 1.53. The van der Waals surface area contributed by atoms with Gasteiger partial charge in [0.1, 0.15) is 0 Å². The number of nitrogens with two attached hydrogens (primary N) is 1. The summed E-state index contributed by atoms with van der Waals surface area (Å²) in [5.41, 5.74) is 5.88. The highest BCUT2D eigenvalue weighted by Crippen LogP contribution is 2.14. The number of likely N-dealkylation sites (N-methyl/N-ethyl adjacent to an activating group) is 1. The van der Waals surface area contributed by atoms with E-state index in [2.05, 4.69) is 6.92 Å². The Morgan fingerprint density at radius 1 is 1.53 bits per heavy atom. The normalized spacial score (nSPS) is 22.2. The van der Waals surface area contributed by atoms with Crippen LogP contribution in [0, 0.1) is 0 Å². The Bertz CT molecular complexity index is 227. The second-order valence-corrected chi connectivity index (χ2v) is 4.96. The summed E-state index contributed by atoms with van der Waals surface area (Å²) in [6.45, 7) is 3.62.